The maximum Gasteiger partial charge on any atom is 0.307 e. The molecule has 0 aliphatic rings. The third kappa shape index (κ3) is 5.10. The van der Waals surface area contributed by atoms with Gasteiger partial charge in [0, 0.05) is 24.3 Å². The van der Waals surface area contributed by atoms with E-state index in [-0.39, 0.29) is 12.2 Å². The van der Waals surface area contributed by atoms with Gasteiger partial charge in [0.15, 0.2) is 0 Å². The smallest absolute Gasteiger partial charge is 0.307 e. The Hall–Kier alpha value is -3.34. The van der Waals surface area contributed by atoms with Crippen molar-refractivity contribution in [3.05, 3.63) is 95.3 Å². The van der Waals surface area contributed by atoms with Gasteiger partial charge in [-0.3, -0.25) is 4.79 Å². The van der Waals surface area contributed by atoms with E-state index in [1.807, 2.05) is 42.5 Å². The van der Waals surface area contributed by atoms with Crippen molar-refractivity contribution in [3.63, 3.8) is 0 Å². The Morgan fingerprint density at radius 2 is 1.57 bits per heavy atom. The molecule has 3 aromatic rings. The second kappa shape index (κ2) is 9.04. The van der Waals surface area contributed by atoms with Gasteiger partial charge in [0.05, 0.1) is 13.5 Å². The van der Waals surface area contributed by atoms with Crippen LogP contribution in [0.1, 0.15) is 16.7 Å². The Morgan fingerprint density at radius 3 is 2.18 bits per heavy atom. The summed E-state index contributed by atoms with van der Waals surface area (Å²) in [5.41, 5.74) is 3.29. The summed E-state index contributed by atoms with van der Waals surface area (Å²) in [4.78, 5) is 13.0. The van der Waals surface area contributed by atoms with Gasteiger partial charge in [-0.2, -0.15) is 0 Å². The number of anilines is 1. The van der Waals surface area contributed by atoms with Crippen molar-refractivity contribution in [2.24, 2.45) is 0 Å². The number of benzene rings is 3. The number of halogens is 1. The molecule has 3 rings (SSSR count). The van der Waals surface area contributed by atoms with E-state index in [2.05, 4.69) is 4.90 Å². The number of nitrogens with zero attached hydrogens (tertiary/aromatic N) is 1. The van der Waals surface area contributed by atoms with Crippen molar-refractivity contribution in [2.75, 3.05) is 12.0 Å². The van der Waals surface area contributed by atoms with Gasteiger partial charge in [0.2, 0.25) is 0 Å². The Kier molecular flexibility index (Phi) is 6.27. The zero-order valence-corrected chi connectivity index (χ0v) is 15.6. The molecule has 4 nitrogen and oxygen atoms in total. The van der Waals surface area contributed by atoms with Crippen LogP contribution in [-0.2, 0) is 24.3 Å². The zero-order chi connectivity index (χ0) is 19.9. The van der Waals surface area contributed by atoms with Crippen LogP contribution in [0.3, 0.4) is 0 Å². The average Bonchev–Trinajstić information content (AvgIpc) is 2.70. The number of carboxylic acid groups (broad SMARTS) is 1. The topological polar surface area (TPSA) is 49.8 Å². The van der Waals surface area contributed by atoms with Gasteiger partial charge in [-0.1, -0.05) is 42.5 Å². The fraction of sp³-hybridized carbons (Fsp3) is 0.174. The summed E-state index contributed by atoms with van der Waals surface area (Å²) in [6, 6.07) is 21.8. The Bertz CT molecular complexity index is 923. The van der Waals surface area contributed by atoms with Gasteiger partial charge in [-0.15, -0.1) is 0 Å². The molecule has 0 radical (unpaired) electrons. The molecule has 5 heteroatoms. The second-order valence-corrected chi connectivity index (χ2v) is 6.53. The largest absolute Gasteiger partial charge is 0.497 e. The monoisotopic (exact) mass is 379 g/mol. The number of ether oxygens (including phenoxy) is 1. The van der Waals surface area contributed by atoms with Crippen molar-refractivity contribution >= 4 is 11.7 Å². The molecule has 0 aliphatic carbocycles. The molecule has 1 N–H and O–H groups in total. The highest BCUT2D eigenvalue weighted by molar-refractivity contribution is 5.70. The van der Waals surface area contributed by atoms with Crippen LogP contribution in [0.2, 0.25) is 0 Å². The van der Waals surface area contributed by atoms with E-state index in [0.717, 1.165) is 22.6 Å². The standard InChI is InChI=1S/C23H22FNO3/c1-28-21-12-8-18(9-13-21)15-25(16-19-4-2-3-5-22(19)24)20-10-6-17(7-11-20)14-23(26)27/h2-13H,14-16H2,1H3,(H,26,27). The molecule has 28 heavy (non-hydrogen) atoms. The molecule has 0 unspecified atom stereocenters. The number of hydrogen-bond acceptors (Lipinski definition) is 3. The highest BCUT2D eigenvalue weighted by atomic mass is 19.1. The SMILES string of the molecule is COc1ccc(CN(Cc2ccccc2F)c2ccc(CC(=O)O)cc2)cc1. The second-order valence-electron chi connectivity index (χ2n) is 6.53. The first-order valence-corrected chi connectivity index (χ1v) is 8.97. The Balaban J connectivity index is 1.86. The maximum absolute atomic E-state index is 14.2. The molecule has 3 aromatic carbocycles. The van der Waals surface area contributed by atoms with Crippen molar-refractivity contribution in [3.8, 4) is 5.75 Å². The molecule has 0 spiro atoms. The molecule has 0 fully saturated rings. The summed E-state index contributed by atoms with van der Waals surface area (Å²) in [5, 5.41) is 8.95. The number of methoxy groups -OCH3 is 1. The van der Waals surface area contributed by atoms with Crippen LogP contribution in [0.25, 0.3) is 0 Å². The van der Waals surface area contributed by atoms with Gasteiger partial charge in [0.25, 0.3) is 0 Å². The van der Waals surface area contributed by atoms with E-state index in [4.69, 9.17) is 9.84 Å². The van der Waals surface area contributed by atoms with Crippen LogP contribution < -0.4 is 9.64 Å². The molecule has 0 saturated heterocycles. The quantitative estimate of drug-likeness (QED) is 0.618. The number of carbonyl (C=O) groups is 1. The van der Waals surface area contributed by atoms with Crippen LogP contribution in [-0.4, -0.2) is 18.2 Å². The highest BCUT2D eigenvalue weighted by Crippen LogP contribution is 2.23. The first-order valence-electron chi connectivity index (χ1n) is 8.97. The van der Waals surface area contributed by atoms with E-state index in [9.17, 15) is 9.18 Å². The number of carboxylic acids is 1. The molecular weight excluding hydrogens is 357 g/mol. The van der Waals surface area contributed by atoms with Crippen molar-refractivity contribution in [1.82, 2.24) is 0 Å². The summed E-state index contributed by atoms with van der Waals surface area (Å²) in [5.74, 6) is -0.332. The number of aliphatic carboxylic acids is 1. The third-order valence-electron chi connectivity index (χ3n) is 4.51. The van der Waals surface area contributed by atoms with E-state index < -0.39 is 5.97 Å². The average molecular weight is 379 g/mol. The van der Waals surface area contributed by atoms with Crippen molar-refractivity contribution in [2.45, 2.75) is 19.5 Å². The molecule has 0 amide bonds. The molecule has 0 saturated carbocycles. The van der Waals surface area contributed by atoms with E-state index in [1.54, 1.807) is 31.4 Å². The molecule has 0 heterocycles. The molecule has 0 aliphatic heterocycles. The summed E-state index contributed by atoms with van der Waals surface area (Å²) in [7, 11) is 1.62. The van der Waals surface area contributed by atoms with Gasteiger partial charge in [0.1, 0.15) is 11.6 Å². The van der Waals surface area contributed by atoms with E-state index in [0.29, 0.717) is 18.7 Å². The molecule has 144 valence electrons. The maximum atomic E-state index is 14.2. The fourth-order valence-corrected chi connectivity index (χ4v) is 3.02. The Labute approximate surface area is 163 Å². The third-order valence-corrected chi connectivity index (χ3v) is 4.51. The minimum atomic E-state index is -0.866. The molecule has 0 aromatic heterocycles. The lowest BCUT2D eigenvalue weighted by Gasteiger charge is -2.26. The molecule has 0 bridgehead atoms. The predicted octanol–water partition coefficient (Wildman–Crippen LogP) is 4.67. The van der Waals surface area contributed by atoms with Crippen molar-refractivity contribution in [1.29, 1.82) is 0 Å². The van der Waals surface area contributed by atoms with Crippen LogP contribution in [0.5, 0.6) is 5.75 Å². The minimum absolute atomic E-state index is 0.0218. The van der Waals surface area contributed by atoms with Crippen LogP contribution >= 0.6 is 0 Å². The normalized spacial score (nSPS) is 10.5. The summed E-state index contributed by atoms with van der Waals surface area (Å²) in [6.45, 7) is 0.980. The van der Waals surface area contributed by atoms with Crippen molar-refractivity contribution < 1.29 is 19.0 Å². The predicted molar refractivity (Wildman–Crippen MR) is 107 cm³/mol. The lowest BCUT2D eigenvalue weighted by atomic mass is 10.1. The first-order chi connectivity index (χ1) is 13.5. The van der Waals surface area contributed by atoms with Gasteiger partial charge in [-0.05, 0) is 41.5 Å². The minimum Gasteiger partial charge on any atom is -0.497 e. The summed E-state index contributed by atoms with van der Waals surface area (Å²) in [6.07, 6.45) is -0.0218. The van der Waals surface area contributed by atoms with Gasteiger partial charge < -0.3 is 14.7 Å². The fourth-order valence-electron chi connectivity index (χ4n) is 3.02. The summed E-state index contributed by atoms with van der Waals surface area (Å²) < 4.78 is 19.4. The van der Waals surface area contributed by atoms with Crippen LogP contribution in [0, 0.1) is 5.82 Å². The summed E-state index contributed by atoms with van der Waals surface area (Å²) >= 11 is 0. The highest BCUT2D eigenvalue weighted by Gasteiger charge is 2.12. The molecule has 0 atom stereocenters. The lowest BCUT2D eigenvalue weighted by Crippen LogP contribution is -2.22. The number of hydrogen-bond donors (Lipinski definition) is 1. The molecular formula is C23H22FNO3. The van der Waals surface area contributed by atoms with Crippen LogP contribution in [0.15, 0.2) is 72.8 Å². The number of rotatable bonds is 8. The van der Waals surface area contributed by atoms with E-state index in [1.165, 1.54) is 6.07 Å². The van der Waals surface area contributed by atoms with Gasteiger partial charge >= 0.3 is 5.97 Å². The van der Waals surface area contributed by atoms with E-state index >= 15 is 0 Å². The first kappa shape index (κ1) is 19.4. The Morgan fingerprint density at radius 1 is 0.929 bits per heavy atom. The zero-order valence-electron chi connectivity index (χ0n) is 15.6. The lowest BCUT2D eigenvalue weighted by molar-refractivity contribution is -0.136. The van der Waals surface area contributed by atoms with Crippen LogP contribution in [0.4, 0.5) is 10.1 Å². The van der Waals surface area contributed by atoms with Gasteiger partial charge in [-0.25, -0.2) is 4.39 Å².